The fourth-order valence-electron chi connectivity index (χ4n) is 4.01. The van der Waals surface area contributed by atoms with Gasteiger partial charge in [-0.25, -0.2) is 0 Å². The van der Waals surface area contributed by atoms with E-state index in [0.717, 1.165) is 16.9 Å². The number of aliphatic hydroxyl groups is 1. The summed E-state index contributed by atoms with van der Waals surface area (Å²) in [7, 11) is 1.59. The summed E-state index contributed by atoms with van der Waals surface area (Å²) in [5.41, 5.74) is 2.22. The number of nitrogens with one attached hydrogen (secondary N) is 1. The zero-order valence-corrected chi connectivity index (χ0v) is 19.9. The molecule has 7 nitrogen and oxygen atoms in total. The molecule has 1 heterocycles. The molecule has 1 amide bonds. The van der Waals surface area contributed by atoms with Crippen molar-refractivity contribution in [3.63, 3.8) is 0 Å². The Balaban J connectivity index is 1.26. The van der Waals surface area contributed by atoms with Crippen LogP contribution < -0.4 is 19.5 Å². The molecular formula is C28H32N2O5. The van der Waals surface area contributed by atoms with E-state index in [2.05, 4.69) is 28.4 Å². The molecule has 0 bridgehead atoms. The summed E-state index contributed by atoms with van der Waals surface area (Å²) in [6.07, 6.45) is -0.600. The molecule has 3 aromatic rings. The minimum atomic E-state index is -0.814. The number of carbonyl (C=O) groups is 1. The van der Waals surface area contributed by atoms with Crippen molar-refractivity contribution >= 4 is 5.91 Å². The zero-order chi connectivity index (χ0) is 24.5. The first-order chi connectivity index (χ1) is 17.1. The first-order valence-corrected chi connectivity index (χ1v) is 11.8. The van der Waals surface area contributed by atoms with Crippen molar-refractivity contribution in [3.05, 3.63) is 90.0 Å². The number of ether oxygens (including phenoxy) is 3. The van der Waals surface area contributed by atoms with Gasteiger partial charge < -0.3 is 24.6 Å². The third kappa shape index (κ3) is 7.21. The molecule has 0 aliphatic carbocycles. The van der Waals surface area contributed by atoms with Crippen molar-refractivity contribution in [1.82, 2.24) is 10.2 Å². The van der Waals surface area contributed by atoms with Crippen LogP contribution in [-0.2, 0) is 11.3 Å². The summed E-state index contributed by atoms with van der Waals surface area (Å²) < 4.78 is 17.1. The predicted octanol–water partition coefficient (Wildman–Crippen LogP) is 3.58. The maximum atomic E-state index is 12.5. The second-order valence-electron chi connectivity index (χ2n) is 8.56. The quantitative estimate of drug-likeness (QED) is 0.466. The first kappa shape index (κ1) is 24.6. The Morgan fingerprint density at radius 3 is 2.69 bits per heavy atom. The standard InChI is InChI=1S/C28H32N2O5/c1-33-24-11-7-12-25(16-24)34-20-23(31)17-29-28(32)14-15-30-18-22-10-5-6-13-26(22)35-27(19-30)21-8-3-2-4-9-21/h2-13,16,23,27,31H,14-15,17-20H2,1H3,(H,29,32)/t23-,27-/m0/s1. The summed E-state index contributed by atoms with van der Waals surface area (Å²) >= 11 is 0. The number of amides is 1. The molecule has 2 N–H and O–H groups in total. The van der Waals surface area contributed by atoms with Gasteiger partial charge in [-0.3, -0.25) is 9.69 Å². The molecule has 7 heteroatoms. The normalized spacial score (nSPS) is 16.3. The number of hydrogen-bond donors (Lipinski definition) is 2. The number of nitrogens with zero attached hydrogens (tertiary/aromatic N) is 1. The van der Waals surface area contributed by atoms with Crippen molar-refractivity contribution in [2.24, 2.45) is 0 Å². The summed E-state index contributed by atoms with van der Waals surface area (Å²) in [4.78, 5) is 14.7. The largest absolute Gasteiger partial charge is 0.497 e. The van der Waals surface area contributed by atoms with Crippen LogP contribution in [0.4, 0.5) is 0 Å². The van der Waals surface area contributed by atoms with Gasteiger partial charge in [0.05, 0.1) is 7.11 Å². The number of carbonyl (C=O) groups excluding carboxylic acids is 1. The lowest BCUT2D eigenvalue weighted by Gasteiger charge is -2.24. The first-order valence-electron chi connectivity index (χ1n) is 11.8. The average Bonchev–Trinajstić information content (AvgIpc) is 3.09. The minimum absolute atomic E-state index is 0.0758. The highest BCUT2D eigenvalue weighted by Crippen LogP contribution is 2.31. The van der Waals surface area contributed by atoms with E-state index in [1.54, 1.807) is 19.2 Å². The van der Waals surface area contributed by atoms with Gasteiger partial charge in [-0.15, -0.1) is 0 Å². The predicted molar refractivity (Wildman–Crippen MR) is 134 cm³/mol. The Morgan fingerprint density at radius 1 is 1.09 bits per heavy atom. The molecule has 4 rings (SSSR count). The number of rotatable bonds is 10. The Hall–Kier alpha value is -3.55. The highest BCUT2D eigenvalue weighted by Gasteiger charge is 2.24. The van der Waals surface area contributed by atoms with Crippen LogP contribution in [-0.4, -0.2) is 55.4 Å². The van der Waals surface area contributed by atoms with E-state index >= 15 is 0 Å². The molecule has 0 saturated carbocycles. The average molecular weight is 477 g/mol. The van der Waals surface area contributed by atoms with E-state index in [1.807, 2.05) is 48.5 Å². The monoisotopic (exact) mass is 476 g/mol. The van der Waals surface area contributed by atoms with Gasteiger partial charge in [-0.05, 0) is 23.8 Å². The molecule has 184 valence electrons. The van der Waals surface area contributed by atoms with Crippen molar-refractivity contribution in [2.75, 3.05) is 33.4 Å². The van der Waals surface area contributed by atoms with Gasteiger partial charge in [0.2, 0.25) is 5.91 Å². The molecule has 0 aromatic heterocycles. The molecule has 0 fully saturated rings. The van der Waals surface area contributed by atoms with Crippen LogP contribution in [0.1, 0.15) is 23.7 Å². The summed E-state index contributed by atoms with van der Waals surface area (Å²) in [5.74, 6) is 2.06. The second kappa shape index (κ2) is 12.2. The second-order valence-corrected chi connectivity index (χ2v) is 8.56. The van der Waals surface area contributed by atoms with E-state index in [-0.39, 0.29) is 25.2 Å². The van der Waals surface area contributed by atoms with Gasteiger partial charge in [0.25, 0.3) is 0 Å². The number of fused-ring (bicyclic) bond motifs is 1. The molecule has 0 unspecified atom stereocenters. The van der Waals surface area contributed by atoms with Crippen LogP contribution in [0.3, 0.4) is 0 Å². The van der Waals surface area contributed by atoms with Gasteiger partial charge in [0, 0.05) is 44.2 Å². The fourth-order valence-corrected chi connectivity index (χ4v) is 4.01. The third-order valence-corrected chi connectivity index (χ3v) is 5.90. The van der Waals surface area contributed by atoms with Gasteiger partial charge in [0.15, 0.2) is 0 Å². The number of hydrogen-bond acceptors (Lipinski definition) is 6. The lowest BCUT2D eigenvalue weighted by atomic mass is 10.1. The minimum Gasteiger partial charge on any atom is -0.497 e. The van der Waals surface area contributed by atoms with E-state index < -0.39 is 6.10 Å². The van der Waals surface area contributed by atoms with E-state index in [1.165, 1.54) is 0 Å². The number of benzene rings is 3. The molecule has 0 spiro atoms. The van der Waals surface area contributed by atoms with Crippen molar-refractivity contribution in [1.29, 1.82) is 0 Å². The van der Waals surface area contributed by atoms with Crippen LogP contribution in [0, 0.1) is 0 Å². The lowest BCUT2D eigenvalue weighted by molar-refractivity contribution is -0.122. The highest BCUT2D eigenvalue weighted by molar-refractivity contribution is 5.76. The number of aliphatic hydroxyl groups excluding tert-OH is 1. The Morgan fingerprint density at radius 2 is 1.86 bits per heavy atom. The van der Waals surface area contributed by atoms with E-state index in [4.69, 9.17) is 14.2 Å². The van der Waals surface area contributed by atoms with Gasteiger partial charge in [0.1, 0.15) is 36.1 Å². The van der Waals surface area contributed by atoms with Crippen LogP contribution in [0.2, 0.25) is 0 Å². The smallest absolute Gasteiger partial charge is 0.221 e. The van der Waals surface area contributed by atoms with Gasteiger partial charge >= 0.3 is 0 Å². The maximum absolute atomic E-state index is 12.5. The molecule has 1 aliphatic heterocycles. The Bertz CT molecular complexity index is 1090. The molecule has 0 saturated heterocycles. The molecule has 1 aliphatic rings. The molecule has 0 radical (unpaired) electrons. The van der Waals surface area contributed by atoms with Gasteiger partial charge in [-0.1, -0.05) is 54.6 Å². The molecular weight excluding hydrogens is 444 g/mol. The molecule has 3 aromatic carbocycles. The Labute approximate surface area is 206 Å². The molecule has 2 atom stereocenters. The summed E-state index contributed by atoms with van der Waals surface area (Å²) in [6.45, 7) is 2.18. The third-order valence-electron chi connectivity index (χ3n) is 5.90. The van der Waals surface area contributed by atoms with Crippen molar-refractivity contribution < 1.29 is 24.1 Å². The van der Waals surface area contributed by atoms with Crippen LogP contribution in [0.15, 0.2) is 78.9 Å². The van der Waals surface area contributed by atoms with Gasteiger partial charge in [-0.2, -0.15) is 0 Å². The number of para-hydroxylation sites is 1. The summed E-state index contributed by atoms with van der Waals surface area (Å²) in [6, 6.07) is 25.4. The number of methoxy groups -OCH3 is 1. The summed E-state index contributed by atoms with van der Waals surface area (Å²) in [5, 5.41) is 13.0. The van der Waals surface area contributed by atoms with Crippen LogP contribution >= 0.6 is 0 Å². The van der Waals surface area contributed by atoms with Crippen LogP contribution in [0.5, 0.6) is 17.2 Å². The van der Waals surface area contributed by atoms with E-state index in [9.17, 15) is 9.90 Å². The highest BCUT2D eigenvalue weighted by atomic mass is 16.5. The van der Waals surface area contributed by atoms with Crippen LogP contribution in [0.25, 0.3) is 0 Å². The fraction of sp³-hybridized carbons (Fsp3) is 0.321. The Kier molecular flexibility index (Phi) is 8.59. The topological polar surface area (TPSA) is 80.3 Å². The SMILES string of the molecule is COc1cccc(OC[C@@H](O)CNC(=O)CCN2Cc3ccccc3O[C@H](c3ccccc3)C2)c1. The zero-order valence-electron chi connectivity index (χ0n) is 19.9. The molecule has 35 heavy (non-hydrogen) atoms. The van der Waals surface area contributed by atoms with E-state index in [0.29, 0.717) is 37.6 Å². The van der Waals surface area contributed by atoms with Crippen molar-refractivity contribution in [3.8, 4) is 17.2 Å². The van der Waals surface area contributed by atoms with Crippen molar-refractivity contribution in [2.45, 2.75) is 25.2 Å². The lowest BCUT2D eigenvalue weighted by Crippen LogP contribution is -2.37. The maximum Gasteiger partial charge on any atom is 0.221 e.